The van der Waals surface area contributed by atoms with Crippen molar-refractivity contribution < 1.29 is 14.3 Å². The Bertz CT molecular complexity index is 1540. The van der Waals surface area contributed by atoms with Crippen LogP contribution in [0.25, 0.3) is 15.9 Å². The van der Waals surface area contributed by atoms with E-state index in [0.717, 1.165) is 27.2 Å². The Morgan fingerprint density at radius 2 is 1.65 bits per heavy atom. The summed E-state index contributed by atoms with van der Waals surface area (Å²) < 4.78 is 7.38. The molecule has 7 nitrogen and oxygen atoms in total. The van der Waals surface area contributed by atoms with E-state index in [-0.39, 0.29) is 18.4 Å². The summed E-state index contributed by atoms with van der Waals surface area (Å²) in [5, 5.41) is 8.50. The smallest absolute Gasteiger partial charge is 0.269 e. The second-order valence-corrected chi connectivity index (χ2v) is 9.52. The lowest BCUT2D eigenvalue weighted by Gasteiger charge is -2.23. The van der Waals surface area contributed by atoms with Crippen molar-refractivity contribution in [2.45, 2.75) is 13.5 Å². The van der Waals surface area contributed by atoms with Crippen molar-refractivity contribution in [3.8, 4) is 11.4 Å². The van der Waals surface area contributed by atoms with Crippen molar-refractivity contribution in [3.05, 3.63) is 107 Å². The molecule has 2 heterocycles. The van der Waals surface area contributed by atoms with E-state index in [0.29, 0.717) is 22.9 Å². The highest BCUT2D eigenvalue weighted by molar-refractivity contribution is 7.20. The maximum Gasteiger partial charge on any atom is 0.269 e. The molecule has 0 fully saturated rings. The predicted octanol–water partition coefficient (Wildman–Crippen LogP) is 5.37. The normalized spacial score (nSPS) is 10.9. The van der Waals surface area contributed by atoms with Gasteiger partial charge in [0.25, 0.3) is 5.91 Å². The van der Waals surface area contributed by atoms with E-state index < -0.39 is 0 Å². The van der Waals surface area contributed by atoms with Gasteiger partial charge < -0.3 is 10.1 Å². The molecule has 5 aromatic rings. The SMILES string of the molecule is COc1ccccc1N(CC(=O)NCc1ccccc1)C(=O)c1cc2c(C)nn(-c3ccccc3)c2s1. The van der Waals surface area contributed by atoms with Crippen LogP contribution in [0, 0.1) is 6.92 Å². The Balaban J connectivity index is 1.47. The summed E-state index contributed by atoms with van der Waals surface area (Å²) in [7, 11) is 1.55. The molecule has 0 saturated heterocycles. The molecule has 0 atom stereocenters. The van der Waals surface area contributed by atoms with Gasteiger partial charge in [0.15, 0.2) is 0 Å². The van der Waals surface area contributed by atoms with E-state index in [2.05, 4.69) is 10.4 Å². The van der Waals surface area contributed by atoms with Gasteiger partial charge >= 0.3 is 0 Å². The molecule has 0 bridgehead atoms. The Morgan fingerprint density at radius 3 is 2.38 bits per heavy atom. The van der Waals surface area contributed by atoms with Gasteiger partial charge in [-0.05, 0) is 42.8 Å². The molecule has 8 heteroatoms. The first-order valence-electron chi connectivity index (χ1n) is 11.8. The first kappa shape index (κ1) is 24.3. The summed E-state index contributed by atoms with van der Waals surface area (Å²) in [6, 6.07) is 28.5. The van der Waals surface area contributed by atoms with E-state index in [1.165, 1.54) is 16.2 Å². The van der Waals surface area contributed by atoms with Gasteiger partial charge in [0, 0.05) is 11.9 Å². The Hall–Kier alpha value is -4.43. The number of anilines is 1. The van der Waals surface area contributed by atoms with E-state index in [4.69, 9.17) is 4.74 Å². The van der Waals surface area contributed by atoms with Gasteiger partial charge in [0.05, 0.1) is 29.1 Å². The molecule has 3 aromatic carbocycles. The summed E-state index contributed by atoms with van der Waals surface area (Å²) in [6.07, 6.45) is 0. The number of carbonyl (C=O) groups excluding carboxylic acids is 2. The zero-order chi connectivity index (χ0) is 25.8. The van der Waals surface area contributed by atoms with Crippen LogP contribution in [0.1, 0.15) is 20.9 Å². The molecule has 0 aliphatic heterocycles. The van der Waals surface area contributed by atoms with Gasteiger partial charge in [-0.3, -0.25) is 14.5 Å². The lowest BCUT2D eigenvalue weighted by molar-refractivity contribution is -0.119. The van der Waals surface area contributed by atoms with Crippen molar-refractivity contribution in [1.29, 1.82) is 0 Å². The molecule has 0 aliphatic carbocycles. The van der Waals surface area contributed by atoms with Crippen LogP contribution in [0.3, 0.4) is 0 Å². The third-order valence-corrected chi connectivity index (χ3v) is 7.11. The second-order valence-electron chi connectivity index (χ2n) is 8.49. The first-order valence-corrected chi connectivity index (χ1v) is 12.7. The highest BCUT2D eigenvalue weighted by Gasteiger charge is 2.26. The number of para-hydroxylation sites is 3. The van der Waals surface area contributed by atoms with Crippen LogP contribution < -0.4 is 15.0 Å². The predicted molar refractivity (Wildman–Crippen MR) is 147 cm³/mol. The van der Waals surface area contributed by atoms with E-state index >= 15 is 0 Å². The van der Waals surface area contributed by atoms with Gasteiger partial charge in [-0.15, -0.1) is 11.3 Å². The van der Waals surface area contributed by atoms with Gasteiger partial charge in [-0.1, -0.05) is 60.7 Å². The summed E-state index contributed by atoms with van der Waals surface area (Å²) in [6.45, 7) is 2.16. The van der Waals surface area contributed by atoms with Crippen molar-refractivity contribution in [2.75, 3.05) is 18.6 Å². The number of benzene rings is 3. The van der Waals surface area contributed by atoms with Crippen LogP contribution in [0.5, 0.6) is 5.75 Å². The fourth-order valence-electron chi connectivity index (χ4n) is 4.14. The molecule has 0 spiro atoms. The fourth-order valence-corrected chi connectivity index (χ4v) is 5.28. The van der Waals surface area contributed by atoms with Crippen LogP contribution in [0.2, 0.25) is 0 Å². The molecule has 0 aliphatic rings. The molecule has 5 rings (SSSR count). The number of carbonyl (C=O) groups is 2. The minimum atomic E-state index is -0.278. The van der Waals surface area contributed by atoms with E-state index in [1.54, 1.807) is 19.2 Å². The second kappa shape index (κ2) is 10.7. The summed E-state index contributed by atoms with van der Waals surface area (Å²) >= 11 is 1.36. The maximum absolute atomic E-state index is 13.9. The third kappa shape index (κ3) is 5.10. The standard InChI is InChI=1S/C29H26N4O3S/c1-20-23-17-26(37-29(23)33(31-20)22-13-7-4-8-14-22)28(35)32(24-15-9-10-16-25(24)36-2)19-27(34)30-18-21-11-5-3-6-12-21/h3-17H,18-19H2,1-2H3,(H,30,34). The first-order chi connectivity index (χ1) is 18.0. The number of aromatic nitrogens is 2. The number of nitrogens with zero attached hydrogens (tertiary/aromatic N) is 3. The number of rotatable bonds is 8. The Morgan fingerprint density at radius 1 is 0.973 bits per heavy atom. The zero-order valence-corrected chi connectivity index (χ0v) is 21.4. The van der Waals surface area contributed by atoms with Crippen LogP contribution in [-0.2, 0) is 11.3 Å². The maximum atomic E-state index is 13.9. The monoisotopic (exact) mass is 510 g/mol. The molecule has 1 N–H and O–H groups in total. The zero-order valence-electron chi connectivity index (χ0n) is 20.5. The molecule has 186 valence electrons. The fraction of sp³-hybridized carbons (Fsp3) is 0.138. The number of methoxy groups -OCH3 is 1. The van der Waals surface area contributed by atoms with Crippen molar-refractivity contribution >= 4 is 39.1 Å². The van der Waals surface area contributed by atoms with Crippen LogP contribution in [0.4, 0.5) is 5.69 Å². The topological polar surface area (TPSA) is 76.5 Å². The number of aryl methyl sites for hydroxylation is 1. The average molecular weight is 511 g/mol. The third-order valence-electron chi connectivity index (χ3n) is 6.01. The van der Waals surface area contributed by atoms with Gasteiger partial charge in [-0.2, -0.15) is 5.10 Å². The number of nitrogens with one attached hydrogen (secondary N) is 1. The summed E-state index contributed by atoms with van der Waals surface area (Å²) in [4.78, 5) is 29.8. The molecule has 0 saturated carbocycles. The molecular formula is C29H26N4O3S. The highest BCUT2D eigenvalue weighted by Crippen LogP contribution is 2.34. The molecule has 2 aromatic heterocycles. The van der Waals surface area contributed by atoms with Crippen LogP contribution in [0.15, 0.2) is 91.0 Å². The number of hydrogen-bond acceptors (Lipinski definition) is 5. The largest absolute Gasteiger partial charge is 0.495 e. The molecule has 2 amide bonds. The highest BCUT2D eigenvalue weighted by atomic mass is 32.1. The molecule has 0 radical (unpaired) electrons. The van der Waals surface area contributed by atoms with Crippen LogP contribution in [-0.4, -0.2) is 35.2 Å². The van der Waals surface area contributed by atoms with E-state index in [1.807, 2.05) is 90.5 Å². The van der Waals surface area contributed by atoms with Crippen LogP contribution >= 0.6 is 11.3 Å². The average Bonchev–Trinajstić information content (AvgIpc) is 3.51. The lowest BCUT2D eigenvalue weighted by atomic mass is 10.2. The minimum absolute atomic E-state index is 0.149. The van der Waals surface area contributed by atoms with Crippen molar-refractivity contribution in [2.24, 2.45) is 0 Å². The number of amides is 2. The number of fused-ring (bicyclic) bond motifs is 1. The van der Waals surface area contributed by atoms with Gasteiger partial charge in [0.1, 0.15) is 17.1 Å². The number of ether oxygens (including phenoxy) is 1. The lowest BCUT2D eigenvalue weighted by Crippen LogP contribution is -2.40. The van der Waals surface area contributed by atoms with Crippen molar-refractivity contribution in [1.82, 2.24) is 15.1 Å². The summed E-state index contributed by atoms with van der Waals surface area (Å²) in [5.74, 6) is -0.0325. The number of hydrogen-bond donors (Lipinski definition) is 1. The number of thiophene rings is 1. The Kier molecular flexibility index (Phi) is 7.00. The van der Waals surface area contributed by atoms with Gasteiger partial charge in [0.2, 0.25) is 5.91 Å². The molecule has 0 unspecified atom stereocenters. The quantitative estimate of drug-likeness (QED) is 0.305. The molecule has 37 heavy (non-hydrogen) atoms. The summed E-state index contributed by atoms with van der Waals surface area (Å²) in [5.41, 5.74) is 3.27. The minimum Gasteiger partial charge on any atom is -0.495 e. The Labute approximate surface area is 218 Å². The van der Waals surface area contributed by atoms with Gasteiger partial charge in [-0.25, -0.2) is 4.68 Å². The molecular weight excluding hydrogens is 484 g/mol. The van der Waals surface area contributed by atoms with Crippen molar-refractivity contribution in [3.63, 3.8) is 0 Å². The van der Waals surface area contributed by atoms with E-state index in [9.17, 15) is 9.59 Å².